The first-order valence-corrected chi connectivity index (χ1v) is 17.3. The second kappa shape index (κ2) is 21.3. The van der Waals surface area contributed by atoms with E-state index in [2.05, 4.69) is 62.4 Å². The van der Waals surface area contributed by atoms with Crippen molar-refractivity contribution in [2.75, 3.05) is 13.2 Å². The summed E-state index contributed by atoms with van der Waals surface area (Å²) in [7, 11) is -3.93. The summed E-state index contributed by atoms with van der Waals surface area (Å²) < 4.78 is 22.4. The average Bonchev–Trinajstić information content (AvgIpc) is 2.94. The number of hydrogen-bond donors (Lipinski definition) is 1. The Morgan fingerprint density at radius 1 is 0.487 bits per heavy atom. The van der Waals surface area contributed by atoms with E-state index in [9.17, 15) is 9.46 Å². The molecule has 0 fully saturated rings. The Morgan fingerprint density at radius 3 is 1.08 bits per heavy atom. The Morgan fingerprint density at radius 2 is 0.769 bits per heavy atom. The van der Waals surface area contributed by atoms with Crippen molar-refractivity contribution in [2.24, 2.45) is 0 Å². The van der Waals surface area contributed by atoms with Crippen molar-refractivity contribution in [1.29, 1.82) is 0 Å². The van der Waals surface area contributed by atoms with E-state index in [1.165, 1.54) is 73.6 Å². The molecule has 2 aromatic rings. The fraction of sp³-hybridized carbons (Fsp3) is 0.647. The van der Waals surface area contributed by atoms with Gasteiger partial charge in [-0.1, -0.05) is 114 Å². The topological polar surface area (TPSA) is 55.8 Å². The number of rotatable bonds is 24. The quantitative estimate of drug-likeness (QED) is 0.103. The maximum Gasteiger partial charge on any atom is 0.472 e. The molecule has 0 aliphatic carbocycles. The van der Waals surface area contributed by atoms with Crippen molar-refractivity contribution in [3.05, 3.63) is 70.8 Å². The minimum absolute atomic E-state index is 0.275. The first-order valence-electron chi connectivity index (χ1n) is 15.8. The lowest BCUT2D eigenvalue weighted by Gasteiger charge is -2.12. The van der Waals surface area contributed by atoms with Crippen LogP contribution in [-0.2, 0) is 39.3 Å². The summed E-state index contributed by atoms with van der Waals surface area (Å²) in [6.45, 7) is 5.03. The van der Waals surface area contributed by atoms with Gasteiger partial charge in [0, 0.05) is 0 Å². The second-order valence-corrected chi connectivity index (χ2v) is 12.5. The van der Waals surface area contributed by atoms with Crippen molar-refractivity contribution < 1.29 is 18.5 Å². The Balaban J connectivity index is 1.42. The summed E-state index contributed by atoms with van der Waals surface area (Å²) in [5, 5.41) is 0. The smallest absolute Gasteiger partial charge is 0.302 e. The van der Waals surface area contributed by atoms with Crippen LogP contribution in [0.25, 0.3) is 0 Å². The molecule has 0 aliphatic heterocycles. The van der Waals surface area contributed by atoms with E-state index in [0.29, 0.717) is 0 Å². The Kier molecular flexibility index (Phi) is 18.5. The van der Waals surface area contributed by atoms with Crippen LogP contribution in [-0.4, -0.2) is 18.1 Å². The van der Waals surface area contributed by atoms with Crippen LogP contribution in [0.1, 0.15) is 126 Å². The molecule has 0 amide bonds. The molecule has 0 aliphatic rings. The molecule has 0 atom stereocenters. The highest BCUT2D eigenvalue weighted by Crippen LogP contribution is 2.43. The van der Waals surface area contributed by atoms with E-state index in [-0.39, 0.29) is 13.2 Å². The maximum absolute atomic E-state index is 12.1. The van der Waals surface area contributed by atoms with Gasteiger partial charge in [-0.25, -0.2) is 4.57 Å². The van der Waals surface area contributed by atoms with E-state index in [0.717, 1.165) is 64.2 Å². The van der Waals surface area contributed by atoms with Gasteiger partial charge in [0.15, 0.2) is 0 Å². The van der Waals surface area contributed by atoms with Crippen molar-refractivity contribution in [1.82, 2.24) is 0 Å². The summed E-state index contributed by atoms with van der Waals surface area (Å²) in [5.74, 6) is 0. The fourth-order valence-electron chi connectivity index (χ4n) is 4.87. The summed E-state index contributed by atoms with van der Waals surface area (Å²) in [6.07, 6.45) is 20.2. The average molecular weight is 559 g/mol. The molecular formula is C34H55O4P. The van der Waals surface area contributed by atoms with Crippen LogP contribution in [0.15, 0.2) is 48.5 Å². The Bertz CT molecular complexity index is 823. The minimum Gasteiger partial charge on any atom is -0.302 e. The van der Waals surface area contributed by atoms with E-state index in [1.807, 2.05) is 0 Å². The van der Waals surface area contributed by atoms with Gasteiger partial charge in [0.1, 0.15) is 0 Å². The number of hydrogen-bond acceptors (Lipinski definition) is 3. The van der Waals surface area contributed by atoms with Gasteiger partial charge in [0.05, 0.1) is 13.2 Å². The first-order chi connectivity index (χ1) is 19.0. The monoisotopic (exact) mass is 558 g/mol. The highest BCUT2D eigenvalue weighted by Gasteiger charge is 2.19. The van der Waals surface area contributed by atoms with E-state index in [4.69, 9.17) is 9.05 Å². The van der Waals surface area contributed by atoms with Crippen LogP contribution in [0, 0.1) is 0 Å². The molecule has 2 aromatic carbocycles. The molecule has 0 spiro atoms. The zero-order valence-electron chi connectivity index (χ0n) is 24.9. The summed E-state index contributed by atoms with van der Waals surface area (Å²) >= 11 is 0. The van der Waals surface area contributed by atoms with Crippen molar-refractivity contribution >= 4 is 7.82 Å². The van der Waals surface area contributed by atoms with E-state index >= 15 is 0 Å². The maximum atomic E-state index is 12.1. The first kappa shape index (κ1) is 33.8. The molecule has 0 radical (unpaired) electrons. The predicted octanol–water partition coefficient (Wildman–Crippen LogP) is 10.2. The van der Waals surface area contributed by atoms with E-state index in [1.54, 1.807) is 0 Å². The van der Waals surface area contributed by atoms with Gasteiger partial charge in [-0.15, -0.1) is 0 Å². The predicted molar refractivity (Wildman–Crippen MR) is 165 cm³/mol. The van der Waals surface area contributed by atoms with Gasteiger partial charge >= 0.3 is 7.82 Å². The zero-order chi connectivity index (χ0) is 28.0. The highest BCUT2D eigenvalue weighted by atomic mass is 31.2. The molecule has 220 valence electrons. The van der Waals surface area contributed by atoms with Crippen LogP contribution in [0.4, 0.5) is 0 Å². The van der Waals surface area contributed by atoms with Crippen molar-refractivity contribution in [3.8, 4) is 0 Å². The summed E-state index contributed by atoms with van der Waals surface area (Å²) in [6, 6.07) is 18.1. The number of benzene rings is 2. The normalized spacial score (nSPS) is 11.8. The van der Waals surface area contributed by atoms with Crippen LogP contribution in [0.3, 0.4) is 0 Å². The third kappa shape index (κ3) is 17.1. The molecule has 0 unspecified atom stereocenters. The molecule has 2 rings (SSSR count). The second-order valence-electron chi connectivity index (χ2n) is 11.0. The molecule has 39 heavy (non-hydrogen) atoms. The summed E-state index contributed by atoms with van der Waals surface area (Å²) in [4.78, 5) is 9.91. The van der Waals surface area contributed by atoms with Gasteiger partial charge in [-0.2, -0.15) is 0 Å². The number of phosphoric acid groups is 1. The van der Waals surface area contributed by atoms with Crippen LogP contribution in [0.2, 0.25) is 0 Å². The molecule has 1 N–H and O–H groups in total. The van der Waals surface area contributed by atoms with E-state index < -0.39 is 7.82 Å². The van der Waals surface area contributed by atoms with Crippen molar-refractivity contribution in [3.63, 3.8) is 0 Å². The molecule has 5 heteroatoms. The third-order valence-electron chi connectivity index (χ3n) is 7.41. The number of aryl methyl sites for hydroxylation is 4. The molecular weight excluding hydrogens is 503 g/mol. The highest BCUT2D eigenvalue weighted by molar-refractivity contribution is 7.47. The molecule has 0 aromatic heterocycles. The van der Waals surface area contributed by atoms with Gasteiger partial charge in [0.25, 0.3) is 0 Å². The van der Waals surface area contributed by atoms with Gasteiger partial charge in [-0.05, 0) is 86.5 Å². The fourth-order valence-corrected chi connectivity index (χ4v) is 5.66. The Hall–Kier alpha value is -1.45. The molecule has 0 bridgehead atoms. The van der Waals surface area contributed by atoms with Crippen molar-refractivity contribution in [2.45, 2.75) is 129 Å². The third-order valence-corrected chi connectivity index (χ3v) is 8.43. The number of unbranched alkanes of at least 4 members (excludes halogenated alkanes) is 10. The molecule has 0 saturated heterocycles. The SMILES string of the molecule is CCCCCc1ccc(CCCCCCOP(=O)(O)OCCCCCCc2ccc(CCCCC)cc2)cc1. The molecule has 4 nitrogen and oxygen atoms in total. The lowest BCUT2D eigenvalue weighted by Crippen LogP contribution is -1.99. The molecule has 0 heterocycles. The van der Waals surface area contributed by atoms with Crippen LogP contribution < -0.4 is 0 Å². The van der Waals surface area contributed by atoms with Gasteiger partial charge < -0.3 is 4.89 Å². The van der Waals surface area contributed by atoms with Crippen LogP contribution in [0.5, 0.6) is 0 Å². The van der Waals surface area contributed by atoms with Gasteiger partial charge in [0.2, 0.25) is 0 Å². The van der Waals surface area contributed by atoms with Gasteiger partial charge in [-0.3, -0.25) is 9.05 Å². The standard InChI is InChI=1S/C34H55O4P/c1-3-5-11-17-31-21-25-33(26-22-31)19-13-7-9-15-29-37-39(35,36)38-30-16-10-8-14-20-34-27-23-32(24-28-34)18-12-6-4-2/h21-28H,3-20,29-30H2,1-2H3,(H,35,36). The molecule has 0 saturated carbocycles. The lowest BCUT2D eigenvalue weighted by atomic mass is 10.0. The Labute approximate surface area is 239 Å². The lowest BCUT2D eigenvalue weighted by molar-refractivity contribution is 0.145. The minimum atomic E-state index is -3.93. The van der Waals surface area contributed by atoms with Crippen LogP contribution >= 0.6 is 7.82 Å². The largest absolute Gasteiger partial charge is 0.472 e. The number of phosphoric ester groups is 1. The zero-order valence-corrected chi connectivity index (χ0v) is 25.8. The summed E-state index contributed by atoms with van der Waals surface area (Å²) in [5.41, 5.74) is 5.67.